The van der Waals surface area contributed by atoms with Crippen LogP contribution in [0.2, 0.25) is 0 Å². The lowest BCUT2D eigenvalue weighted by Gasteiger charge is -2.14. The summed E-state index contributed by atoms with van der Waals surface area (Å²) in [6.07, 6.45) is 1.64. The van der Waals surface area contributed by atoms with Crippen LogP contribution in [-0.2, 0) is 19.1 Å². The first-order valence-corrected chi connectivity index (χ1v) is 11.7. The van der Waals surface area contributed by atoms with E-state index in [1.165, 1.54) is 26.3 Å². The van der Waals surface area contributed by atoms with Gasteiger partial charge in [-0.15, -0.1) is 0 Å². The zero-order valence-electron chi connectivity index (χ0n) is 22.0. The van der Waals surface area contributed by atoms with Crippen molar-refractivity contribution in [1.82, 2.24) is 4.98 Å². The molecule has 204 valence electrons. The normalized spacial score (nSPS) is 10.2. The molecule has 0 aliphatic carbocycles. The highest BCUT2D eigenvalue weighted by Gasteiger charge is 2.16. The van der Waals surface area contributed by atoms with Crippen LogP contribution in [0.15, 0.2) is 79.0 Å². The standard InChI is InChI=1S/C12H16O3.C10H12N2O5.C6H6/c1-3-12(13)14-9-10(2)15-11-7-5-4-6-8-11;1-6(13)16-5-17-9-7(15-2)3-4-12-8(9)10(11)14;1-2-4-6-5-3-1/h4-8,10H,3,9H2,1-2H3;3-4H,5H2,1-2H3,(H2,11,14);1-6H. The van der Waals surface area contributed by atoms with E-state index in [0.717, 1.165) is 5.75 Å². The largest absolute Gasteiger partial charge is 0.493 e. The first-order chi connectivity index (χ1) is 18.3. The summed E-state index contributed by atoms with van der Waals surface area (Å²) in [5, 5.41) is 0. The number of rotatable bonds is 10. The number of benzene rings is 2. The first-order valence-electron chi connectivity index (χ1n) is 11.7. The third-order valence-electron chi connectivity index (χ3n) is 4.30. The molecule has 0 radical (unpaired) electrons. The first kappa shape index (κ1) is 31.4. The minimum Gasteiger partial charge on any atom is -0.493 e. The maximum atomic E-state index is 11.1. The predicted molar refractivity (Wildman–Crippen MR) is 141 cm³/mol. The fourth-order valence-corrected chi connectivity index (χ4v) is 2.54. The van der Waals surface area contributed by atoms with Crippen molar-refractivity contribution in [3.8, 4) is 17.2 Å². The molecule has 2 aromatic carbocycles. The number of ether oxygens (including phenoxy) is 5. The molecule has 3 rings (SSSR count). The van der Waals surface area contributed by atoms with Crippen LogP contribution in [0.5, 0.6) is 17.2 Å². The molecule has 2 N–H and O–H groups in total. The molecule has 0 fully saturated rings. The van der Waals surface area contributed by atoms with Crippen LogP contribution < -0.4 is 19.9 Å². The molecule has 38 heavy (non-hydrogen) atoms. The number of nitrogens with zero attached hydrogens (tertiary/aromatic N) is 1. The van der Waals surface area contributed by atoms with Crippen LogP contribution in [0.3, 0.4) is 0 Å². The Labute approximate surface area is 222 Å². The number of aromatic nitrogens is 1. The third kappa shape index (κ3) is 13.5. The fourth-order valence-electron chi connectivity index (χ4n) is 2.54. The zero-order valence-corrected chi connectivity index (χ0v) is 22.0. The number of amides is 1. The number of primary amides is 1. The molecule has 0 bridgehead atoms. The van der Waals surface area contributed by atoms with E-state index in [0.29, 0.717) is 13.0 Å². The van der Waals surface area contributed by atoms with E-state index in [2.05, 4.69) is 9.72 Å². The van der Waals surface area contributed by atoms with Crippen LogP contribution >= 0.6 is 0 Å². The van der Waals surface area contributed by atoms with Crippen LogP contribution in [0, 0.1) is 0 Å². The Hall–Kier alpha value is -4.60. The van der Waals surface area contributed by atoms with Crippen molar-refractivity contribution < 1.29 is 38.1 Å². The average Bonchev–Trinajstić information content (AvgIpc) is 2.93. The summed E-state index contributed by atoms with van der Waals surface area (Å²) in [5.74, 6) is -0.351. The van der Waals surface area contributed by atoms with E-state index >= 15 is 0 Å². The average molecular weight is 527 g/mol. The number of pyridine rings is 1. The summed E-state index contributed by atoms with van der Waals surface area (Å²) < 4.78 is 25.2. The van der Waals surface area contributed by atoms with Gasteiger partial charge in [-0.3, -0.25) is 14.4 Å². The van der Waals surface area contributed by atoms with Gasteiger partial charge in [0.15, 0.2) is 17.2 Å². The van der Waals surface area contributed by atoms with E-state index in [1.807, 2.05) is 73.7 Å². The number of methoxy groups -OCH3 is 1. The highest BCUT2D eigenvalue weighted by molar-refractivity contribution is 5.94. The number of para-hydroxylation sites is 1. The molecule has 0 aliphatic rings. The number of carbonyl (C=O) groups excluding carboxylic acids is 3. The quantitative estimate of drug-likeness (QED) is 0.305. The van der Waals surface area contributed by atoms with Crippen molar-refractivity contribution >= 4 is 17.8 Å². The summed E-state index contributed by atoms with van der Waals surface area (Å²) >= 11 is 0. The molecule has 0 spiro atoms. The van der Waals surface area contributed by atoms with Gasteiger partial charge in [0, 0.05) is 25.6 Å². The number of esters is 2. The van der Waals surface area contributed by atoms with Crippen LogP contribution in [-0.4, -0.2) is 49.4 Å². The number of nitrogens with two attached hydrogens (primary N) is 1. The van der Waals surface area contributed by atoms with Gasteiger partial charge in [0.05, 0.1) is 7.11 Å². The predicted octanol–water partition coefficient (Wildman–Crippen LogP) is 4.18. The van der Waals surface area contributed by atoms with Crippen LogP contribution in [0.1, 0.15) is 37.7 Å². The zero-order chi connectivity index (χ0) is 28.2. The van der Waals surface area contributed by atoms with Crippen LogP contribution in [0.25, 0.3) is 0 Å². The molecule has 1 amide bonds. The van der Waals surface area contributed by atoms with Crippen molar-refractivity contribution in [3.05, 3.63) is 84.7 Å². The maximum absolute atomic E-state index is 11.1. The van der Waals surface area contributed by atoms with Gasteiger partial charge in [0.2, 0.25) is 6.79 Å². The van der Waals surface area contributed by atoms with Gasteiger partial charge < -0.3 is 29.4 Å². The molecular formula is C28H34N2O8. The molecule has 10 nitrogen and oxygen atoms in total. The Morgan fingerprint density at radius 3 is 2.00 bits per heavy atom. The Morgan fingerprint density at radius 1 is 0.921 bits per heavy atom. The second-order valence-corrected chi connectivity index (χ2v) is 7.39. The topological polar surface area (TPSA) is 136 Å². The lowest BCUT2D eigenvalue weighted by molar-refractivity contribution is -0.147. The summed E-state index contributed by atoms with van der Waals surface area (Å²) in [7, 11) is 1.40. The highest BCUT2D eigenvalue weighted by atomic mass is 16.7. The van der Waals surface area contributed by atoms with Crippen molar-refractivity contribution in [2.45, 2.75) is 33.3 Å². The lowest BCUT2D eigenvalue weighted by atomic mass is 10.3. The lowest BCUT2D eigenvalue weighted by Crippen LogP contribution is -2.21. The molecule has 3 aromatic rings. The Balaban J connectivity index is 0.000000313. The van der Waals surface area contributed by atoms with Crippen LogP contribution in [0.4, 0.5) is 0 Å². The number of carbonyl (C=O) groups is 3. The van der Waals surface area contributed by atoms with Gasteiger partial charge in [-0.2, -0.15) is 0 Å². The van der Waals surface area contributed by atoms with E-state index in [4.69, 9.17) is 24.7 Å². The number of hydrogen-bond acceptors (Lipinski definition) is 9. The van der Waals surface area contributed by atoms with Gasteiger partial charge in [0.1, 0.15) is 18.5 Å². The van der Waals surface area contributed by atoms with Gasteiger partial charge >= 0.3 is 11.9 Å². The molecule has 0 aliphatic heterocycles. The van der Waals surface area contributed by atoms with Crippen molar-refractivity contribution in [1.29, 1.82) is 0 Å². The molecule has 10 heteroatoms. The summed E-state index contributed by atoms with van der Waals surface area (Å²) in [5.41, 5.74) is 5.04. The van der Waals surface area contributed by atoms with Gasteiger partial charge in [-0.1, -0.05) is 61.5 Å². The summed E-state index contributed by atoms with van der Waals surface area (Å²) in [6, 6.07) is 23.0. The molecule has 1 atom stereocenters. The minimum atomic E-state index is -0.762. The van der Waals surface area contributed by atoms with Gasteiger partial charge in [0.25, 0.3) is 5.91 Å². The SMILES string of the molecule is CCC(=O)OCC(C)Oc1ccccc1.COc1ccnc(C(N)=O)c1OCOC(C)=O.c1ccccc1. The third-order valence-corrected chi connectivity index (χ3v) is 4.30. The molecule has 1 heterocycles. The van der Waals surface area contributed by atoms with E-state index in [-0.39, 0.29) is 36.1 Å². The Bertz CT molecular complexity index is 1070. The Morgan fingerprint density at radius 2 is 1.50 bits per heavy atom. The summed E-state index contributed by atoms with van der Waals surface area (Å²) in [4.78, 5) is 36.3. The van der Waals surface area contributed by atoms with Crippen molar-refractivity contribution in [2.75, 3.05) is 20.5 Å². The second kappa shape index (κ2) is 18.6. The maximum Gasteiger partial charge on any atom is 0.305 e. The molecule has 0 saturated heterocycles. The van der Waals surface area contributed by atoms with Gasteiger partial charge in [-0.05, 0) is 19.1 Å². The van der Waals surface area contributed by atoms with E-state index < -0.39 is 11.9 Å². The smallest absolute Gasteiger partial charge is 0.305 e. The number of hydrogen-bond donors (Lipinski definition) is 1. The summed E-state index contributed by atoms with van der Waals surface area (Å²) in [6.45, 7) is 4.82. The van der Waals surface area contributed by atoms with E-state index in [9.17, 15) is 14.4 Å². The van der Waals surface area contributed by atoms with Gasteiger partial charge in [-0.25, -0.2) is 4.98 Å². The highest BCUT2D eigenvalue weighted by Crippen LogP contribution is 2.29. The molecule has 1 aromatic heterocycles. The molecular weight excluding hydrogens is 492 g/mol. The molecule has 0 saturated carbocycles. The van der Waals surface area contributed by atoms with Crippen molar-refractivity contribution in [3.63, 3.8) is 0 Å². The second-order valence-electron chi connectivity index (χ2n) is 7.39. The monoisotopic (exact) mass is 526 g/mol. The fraction of sp³-hybridized carbons (Fsp3) is 0.286. The minimum absolute atomic E-state index is 0.0451. The van der Waals surface area contributed by atoms with Crippen molar-refractivity contribution in [2.24, 2.45) is 5.73 Å². The Kier molecular flexibility index (Phi) is 15.4. The van der Waals surface area contributed by atoms with E-state index in [1.54, 1.807) is 6.92 Å². The molecule has 1 unspecified atom stereocenters.